The van der Waals surface area contributed by atoms with Crippen LogP contribution in [-0.2, 0) is 0 Å². The number of nitrogens with zero attached hydrogens (tertiary/aromatic N) is 3. The molecule has 0 spiro atoms. The van der Waals surface area contributed by atoms with Gasteiger partial charge in [-0.15, -0.1) is 0 Å². The van der Waals surface area contributed by atoms with Gasteiger partial charge in [0.05, 0.1) is 63.9 Å². The van der Waals surface area contributed by atoms with E-state index in [1.165, 1.54) is 0 Å². The molecule has 0 aliphatic heterocycles. The van der Waals surface area contributed by atoms with Crippen molar-refractivity contribution in [3.63, 3.8) is 0 Å². The van der Waals surface area contributed by atoms with Crippen LogP contribution in [0.2, 0.25) is 0 Å². The maximum Gasteiger partial charge on any atom is 0.160 e. The van der Waals surface area contributed by atoms with Crippen molar-refractivity contribution in [2.24, 2.45) is 0 Å². The van der Waals surface area contributed by atoms with Gasteiger partial charge in [0.1, 0.15) is 51.6 Å². The number of anilines is 6. The van der Waals surface area contributed by atoms with E-state index >= 15 is 0 Å². The Kier molecular flexibility index (Phi) is 24.9. The number of hydrogen-bond donors (Lipinski definition) is 0. The molecule has 12 nitrogen and oxygen atoms in total. The van der Waals surface area contributed by atoms with Crippen molar-refractivity contribution >= 4 is 102 Å². The SMILES string of the molecule is C=Cc1ccc(OCCCCOc2cccc(N(c3cccc(OCCCCOc4ccc(C=C)cc4)c3)c3ccc4c(c3)oc3c4ccc4c5ccc(N(c6cccc(OCCCCOc7ccc(C=C)cc7)c6)c6cccc(OCCCCOc7ccc(C=C)cc7)c6)cc5n(-c5ccc(-c6ccccc6)cc5)c43)c2)cc1. The molecule has 114 heavy (non-hydrogen) atoms. The number of unbranched alkanes of at least 4 members (excludes halogenated alkanes) is 4. The van der Waals surface area contributed by atoms with Gasteiger partial charge in [-0.25, -0.2) is 0 Å². The molecule has 2 aromatic heterocycles. The lowest BCUT2D eigenvalue weighted by Crippen LogP contribution is -2.11. The molecule has 0 aliphatic rings. The number of hydrogen-bond acceptors (Lipinski definition) is 11. The number of aromatic nitrogens is 1. The van der Waals surface area contributed by atoms with Crippen molar-refractivity contribution in [1.82, 2.24) is 4.57 Å². The van der Waals surface area contributed by atoms with Crippen LogP contribution in [0.5, 0.6) is 46.0 Å². The molecule has 13 aromatic carbocycles. The average Bonchev–Trinajstić information content (AvgIpc) is 1.55. The summed E-state index contributed by atoms with van der Waals surface area (Å²) >= 11 is 0. The van der Waals surface area contributed by atoms with E-state index < -0.39 is 0 Å². The molecule has 0 amide bonds. The van der Waals surface area contributed by atoms with Gasteiger partial charge >= 0.3 is 0 Å². The van der Waals surface area contributed by atoms with Crippen LogP contribution in [0.15, 0.2) is 328 Å². The molecule has 570 valence electrons. The largest absolute Gasteiger partial charge is 0.494 e. The van der Waals surface area contributed by atoms with Gasteiger partial charge in [0, 0.05) is 91.7 Å². The molecule has 0 fully saturated rings. The van der Waals surface area contributed by atoms with E-state index in [4.69, 9.17) is 42.3 Å². The average molecular weight is 1500 g/mol. The highest BCUT2D eigenvalue weighted by atomic mass is 16.5. The van der Waals surface area contributed by atoms with Gasteiger partial charge in [-0.05, 0) is 224 Å². The summed E-state index contributed by atoms with van der Waals surface area (Å²) in [6, 6.07) is 102. The van der Waals surface area contributed by atoms with Crippen LogP contribution >= 0.6 is 0 Å². The Morgan fingerprint density at radius 1 is 0.263 bits per heavy atom. The molecule has 2 heterocycles. The highest BCUT2D eigenvalue weighted by molar-refractivity contribution is 6.22. The third-order valence-electron chi connectivity index (χ3n) is 20.2. The second-order valence-corrected chi connectivity index (χ2v) is 27.9. The molecule has 0 saturated carbocycles. The fraction of sp³-hybridized carbons (Fsp3) is 0.157. The molecule has 0 radical (unpaired) electrons. The maximum atomic E-state index is 7.43. The molecule has 0 saturated heterocycles. The zero-order valence-electron chi connectivity index (χ0n) is 64.3. The quantitative estimate of drug-likeness (QED) is 0.0343. The molecule has 0 unspecified atom stereocenters. The molecule has 0 bridgehead atoms. The Bertz CT molecular complexity index is 5520. The van der Waals surface area contributed by atoms with Crippen molar-refractivity contribution in [2.75, 3.05) is 62.7 Å². The van der Waals surface area contributed by atoms with E-state index in [0.29, 0.717) is 52.9 Å². The van der Waals surface area contributed by atoms with Gasteiger partial charge in [0.25, 0.3) is 0 Å². The van der Waals surface area contributed by atoms with Crippen LogP contribution < -0.4 is 47.7 Å². The van der Waals surface area contributed by atoms with E-state index in [-0.39, 0.29) is 0 Å². The van der Waals surface area contributed by atoms with Crippen molar-refractivity contribution < 1.29 is 42.3 Å². The first kappa shape index (κ1) is 75.8. The van der Waals surface area contributed by atoms with Crippen molar-refractivity contribution in [3.8, 4) is 62.8 Å². The molecular formula is C102H93N3O9. The Labute approximate surface area is 667 Å². The molecule has 15 aromatic rings. The smallest absolute Gasteiger partial charge is 0.160 e. The monoisotopic (exact) mass is 1500 g/mol. The molecular weight excluding hydrogens is 1410 g/mol. The van der Waals surface area contributed by atoms with Gasteiger partial charge in [-0.3, -0.25) is 0 Å². The van der Waals surface area contributed by atoms with E-state index in [0.717, 1.165) is 214 Å². The third-order valence-corrected chi connectivity index (χ3v) is 20.2. The first-order valence-corrected chi connectivity index (χ1v) is 39.3. The predicted octanol–water partition coefficient (Wildman–Crippen LogP) is 26.8. The zero-order valence-corrected chi connectivity index (χ0v) is 64.3. The summed E-state index contributed by atoms with van der Waals surface area (Å²) in [5.74, 6) is 6.37. The fourth-order valence-corrected chi connectivity index (χ4v) is 14.2. The molecule has 0 N–H and O–H groups in total. The summed E-state index contributed by atoms with van der Waals surface area (Å²) in [7, 11) is 0. The van der Waals surface area contributed by atoms with Gasteiger partial charge in [-0.2, -0.15) is 0 Å². The van der Waals surface area contributed by atoms with Crippen LogP contribution in [0, 0.1) is 0 Å². The molecule has 0 aliphatic carbocycles. The normalized spacial score (nSPS) is 11.2. The van der Waals surface area contributed by atoms with E-state index in [1.807, 2.05) is 158 Å². The minimum atomic E-state index is 0.522. The Balaban J connectivity index is 0.764. The maximum absolute atomic E-state index is 7.43. The van der Waals surface area contributed by atoms with Gasteiger partial charge in [0.15, 0.2) is 5.58 Å². The molecule has 15 rings (SSSR count). The summed E-state index contributed by atoms with van der Waals surface area (Å²) in [6.07, 6.45) is 13.9. The topological polar surface area (TPSA) is 98.4 Å². The number of benzene rings is 13. The Morgan fingerprint density at radius 2 is 0.579 bits per heavy atom. The second kappa shape index (κ2) is 37.4. The van der Waals surface area contributed by atoms with E-state index in [2.05, 4.69) is 204 Å². The third kappa shape index (κ3) is 18.7. The minimum Gasteiger partial charge on any atom is -0.494 e. The first-order chi connectivity index (χ1) is 56.3. The van der Waals surface area contributed by atoms with Crippen molar-refractivity contribution in [1.29, 1.82) is 0 Å². The molecule has 0 atom stereocenters. The number of fused-ring (bicyclic) bond motifs is 7. The van der Waals surface area contributed by atoms with E-state index in [9.17, 15) is 0 Å². The van der Waals surface area contributed by atoms with Crippen LogP contribution in [0.1, 0.15) is 73.6 Å². The lowest BCUT2D eigenvalue weighted by molar-refractivity contribution is 0.266. The lowest BCUT2D eigenvalue weighted by Gasteiger charge is -2.26. The van der Waals surface area contributed by atoms with Crippen LogP contribution in [-0.4, -0.2) is 57.4 Å². The van der Waals surface area contributed by atoms with Gasteiger partial charge in [-0.1, -0.05) is 178 Å². The summed E-state index contributed by atoms with van der Waals surface area (Å²) in [6.45, 7) is 19.9. The first-order valence-electron chi connectivity index (χ1n) is 39.3. The number of furan rings is 1. The zero-order chi connectivity index (χ0) is 77.6. The second-order valence-electron chi connectivity index (χ2n) is 27.9. The Morgan fingerprint density at radius 3 is 0.947 bits per heavy atom. The van der Waals surface area contributed by atoms with Crippen molar-refractivity contribution in [3.05, 3.63) is 346 Å². The summed E-state index contributed by atoms with van der Waals surface area (Å²) in [5, 5.41) is 4.09. The number of rotatable bonds is 40. The highest BCUT2D eigenvalue weighted by Crippen LogP contribution is 2.47. The van der Waals surface area contributed by atoms with E-state index in [1.54, 1.807) is 0 Å². The fourth-order valence-electron chi connectivity index (χ4n) is 14.2. The van der Waals surface area contributed by atoms with Crippen molar-refractivity contribution in [2.45, 2.75) is 51.4 Å². The van der Waals surface area contributed by atoms with Gasteiger partial charge in [0.2, 0.25) is 0 Å². The predicted molar refractivity (Wildman–Crippen MR) is 470 cm³/mol. The standard InChI is InChI=1S/C102H93N3O9/c1-5-74-34-48-87(49-35-74)106-60-12-16-64-110-91-30-20-26-81(68-91)103(82-27-21-31-92(69-82)111-65-17-13-61-107-88-50-36-75(6-2)37-51-88)85-46-56-95-97-58-59-98-96-57-47-86(73-100(96)114-102(98)101(97)105(99(95)72-85)80-44-42-79(43-45-80)78-24-10-9-11-25-78)104(83-28-22-32-93(70-83)112-66-18-14-62-108-89-52-38-76(7-3)39-53-89)84-29-23-33-94(71-84)113-67-19-15-63-109-90-54-40-77(8-4)41-55-90/h5-11,20-59,68-73H,1-4,12-19,60-67H2. The van der Waals surface area contributed by atoms with Crippen LogP contribution in [0.4, 0.5) is 34.1 Å². The summed E-state index contributed by atoms with van der Waals surface area (Å²) < 4.78 is 60.3. The Hall–Kier alpha value is -13.6. The number of ether oxygens (including phenoxy) is 8. The summed E-state index contributed by atoms with van der Waals surface area (Å²) in [4.78, 5) is 4.53. The van der Waals surface area contributed by atoms with Crippen LogP contribution in [0.3, 0.4) is 0 Å². The van der Waals surface area contributed by atoms with Crippen LogP contribution in [0.25, 0.3) is 84.9 Å². The summed E-state index contributed by atoms with van der Waals surface area (Å²) in [5.41, 5.74) is 16.4. The van der Waals surface area contributed by atoms with Gasteiger partial charge < -0.3 is 56.7 Å². The highest BCUT2D eigenvalue weighted by Gasteiger charge is 2.24. The minimum absolute atomic E-state index is 0.522. The molecule has 12 heteroatoms. The lowest BCUT2D eigenvalue weighted by atomic mass is 10.1.